The van der Waals surface area contributed by atoms with Gasteiger partial charge in [-0.2, -0.15) is 4.68 Å². The minimum atomic E-state index is -0.483. The number of rotatable bonds is 2. The van der Waals surface area contributed by atoms with Crippen LogP contribution in [-0.4, -0.2) is 20.2 Å². The molecule has 0 spiro atoms. The minimum Gasteiger partial charge on any atom is -0.399 e. The van der Waals surface area contributed by atoms with Gasteiger partial charge in [0.05, 0.1) is 11.3 Å². The summed E-state index contributed by atoms with van der Waals surface area (Å²) in [6.07, 6.45) is 0. The highest BCUT2D eigenvalue weighted by Gasteiger charge is 2.15. The first-order valence-electron chi connectivity index (χ1n) is 5.75. The van der Waals surface area contributed by atoms with Crippen molar-refractivity contribution in [2.75, 3.05) is 5.73 Å². The lowest BCUT2D eigenvalue weighted by atomic mass is 10.2. The van der Waals surface area contributed by atoms with Gasteiger partial charge in [-0.25, -0.2) is 4.39 Å². The van der Waals surface area contributed by atoms with Crippen molar-refractivity contribution in [2.24, 2.45) is 0 Å². The lowest BCUT2D eigenvalue weighted by Crippen LogP contribution is -2.01. The molecule has 0 aliphatic heterocycles. The molecule has 2 N–H and O–H groups in total. The smallest absolute Gasteiger partial charge is 0.190 e. The van der Waals surface area contributed by atoms with E-state index in [9.17, 15) is 4.39 Å². The summed E-state index contributed by atoms with van der Waals surface area (Å²) in [5.74, 6) is -0.201. The van der Waals surface area contributed by atoms with Crippen molar-refractivity contribution < 1.29 is 4.39 Å². The van der Waals surface area contributed by atoms with Crippen molar-refractivity contribution in [3.05, 3.63) is 53.3 Å². The molecule has 0 amide bonds. The fraction of sp³-hybridized carbons (Fsp3) is 0. The normalized spacial score (nSPS) is 10.7. The van der Waals surface area contributed by atoms with Gasteiger partial charge in [-0.05, 0) is 46.8 Å². The Kier molecular flexibility index (Phi) is 3.08. The molecule has 5 nitrogen and oxygen atoms in total. The molecular weight excluding hydrogens is 281 g/mol. The van der Waals surface area contributed by atoms with Gasteiger partial charge in [0.25, 0.3) is 0 Å². The maximum Gasteiger partial charge on any atom is 0.190 e. The fourth-order valence-electron chi connectivity index (χ4n) is 1.85. The zero-order chi connectivity index (χ0) is 14.1. The number of hydrogen-bond donors (Lipinski definition) is 1. The number of tetrazole rings is 1. The molecule has 0 atom stereocenters. The summed E-state index contributed by atoms with van der Waals surface area (Å²) in [6.45, 7) is 0. The van der Waals surface area contributed by atoms with Crippen LogP contribution in [0.15, 0.2) is 42.5 Å². The molecule has 20 heavy (non-hydrogen) atoms. The summed E-state index contributed by atoms with van der Waals surface area (Å²) in [7, 11) is 0. The van der Waals surface area contributed by atoms with Gasteiger partial charge >= 0.3 is 0 Å². The molecule has 0 radical (unpaired) electrons. The van der Waals surface area contributed by atoms with Gasteiger partial charge in [0.2, 0.25) is 0 Å². The third-order valence-electron chi connectivity index (χ3n) is 2.76. The predicted octanol–water partition coefficient (Wildman–Crippen LogP) is 2.70. The first-order valence-corrected chi connectivity index (χ1v) is 6.12. The molecule has 0 aliphatic rings. The predicted molar refractivity (Wildman–Crippen MR) is 74.0 cm³/mol. The summed E-state index contributed by atoms with van der Waals surface area (Å²) in [5.41, 5.74) is 6.79. The second-order valence-electron chi connectivity index (χ2n) is 4.13. The number of halogens is 2. The maximum atomic E-state index is 14.0. The average Bonchev–Trinajstić information content (AvgIpc) is 2.87. The molecule has 3 aromatic rings. The molecule has 1 aromatic heterocycles. The first kappa shape index (κ1) is 12.6. The van der Waals surface area contributed by atoms with Crippen LogP contribution >= 0.6 is 11.6 Å². The van der Waals surface area contributed by atoms with Crippen LogP contribution in [0.5, 0.6) is 0 Å². The number of aromatic nitrogens is 4. The molecule has 0 unspecified atom stereocenters. The molecule has 1 heterocycles. The van der Waals surface area contributed by atoms with E-state index in [2.05, 4.69) is 15.5 Å². The molecule has 0 bridgehead atoms. The minimum absolute atomic E-state index is 0.268. The highest BCUT2D eigenvalue weighted by atomic mass is 35.5. The Morgan fingerprint density at radius 1 is 1.15 bits per heavy atom. The molecular formula is C13H9ClFN5. The lowest BCUT2D eigenvalue weighted by Gasteiger charge is -2.06. The van der Waals surface area contributed by atoms with Gasteiger partial charge in [0.15, 0.2) is 5.82 Å². The van der Waals surface area contributed by atoms with Gasteiger partial charge in [0.1, 0.15) is 5.82 Å². The van der Waals surface area contributed by atoms with E-state index in [1.165, 1.54) is 16.8 Å². The third-order valence-corrected chi connectivity index (χ3v) is 2.99. The van der Waals surface area contributed by atoms with Gasteiger partial charge < -0.3 is 5.73 Å². The zero-order valence-electron chi connectivity index (χ0n) is 10.2. The van der Waals surface area contributed by atoms with Crippen LogP contribution in [0, 0.1) is 5.82 Å². The average molecular weight is 290 g/mol. The van der Waals surface area contributed by atoms with Gasteiger partial charge in [-0.1, -0.05) is 17.7 Å². The van der Waals surface area contributed by atoms with Crippen molar-refractivity contribution in [3.63, 3.8) is 0 Å². The van der Waals surface area contributed by atoms with Crippen LogP contribution in [0.4, 0.5) is 10.1 Å². The highest BCUT2D eigenvalue weighted by molar-refractivity contribution is 6.30. The van der Waals surface area contributed by atoms with E-state index < -0.39 is 5.82 Å². The standard InChI is InChI=1S/C13H9ClFN5/c14-8-2-1-3-10(6-8)20-13(17-18-19-20)11-5-4-9(16)7-12(11)15/h1-7H,16H2. The summed E-state index contributed by atoms with van der Waals surface area (Å²) in [6, 6.07) is 11.3. The van der Waals surface area contributed by atoms with Gasteiger partial charge in [-0.3, -0.25) is 0 Å². The number of hydrogen-bond acceptors (Lipinski definition) is 4. The van der Waals surface area contributed by atoms with Crippen LogP contribution in [0.2, 0.25) is 5.02 Å². The van der Waals surface area contributed by atoms with E-state index >= 15 is 0 Å². The molecule has 0 saturated heterocycles. The molecule has 2 aromatic carbocycles. The van der Waals surface area contributed by atoms with Crippen molar-refractivity contribution in [3.8, 4) is 17.1 Å². The van der Waals surface area contributed by atoms with Crippen molar-refractivity contribution in [2.45, 2.75) is 0 Å². The summed E-state index contributed by atoms with van der Waals surface area (Å²) >= 11 is 5.94. The Morgan fingerprint density at radius 2 is 2.00 bits per heavy atom. The van der Waals surface area contributed by atoms with Gasteiger partial charge in [-0.15, -0.1) is 5.10 Å². The largest absolute Gasteiger partial charge is 0.399 e. The molecule has 0 fully saturated rings. The van der Waals surface area contributed by atoms with Crippen LogP contribution in [0.25, 0.3) is 17.1 Å². The van der Waals surface area contributed by atoms with Crippen molar-refractivity contribution >= 4 is 17.3 Å². The van der Waals surface area contributed by atoms with Crippen molar-refractivity contribution in [1.29, 1.82) is 0 Å². The lowest BCUT2D eigenvalue weighted by molar-refractivity contribution is 0.629. The maximum absolute atomic E-state index is 14.0. The quantitative estimate of drug-likeness (QED) is 0.736. The summed E-state index contributed by atoms with van der Waals surface area (Å²) in [5, 5.41) is 11.9. The number of nitrogens with two attached hydrogens (primary N) is 1. The summed E-state index contributed by atoms with van der Waals surface area (Å²) < 4.78 is 15.4. The number of anilines is 1. The van der Waals surface area contributed by atoms with Crippen LogP contribution in [-0.2, 0) is 0 Å². The number of nitrogen functional groups attached to an aromatic ring is 1. The molecule has 3 rings (SSSR count). The van der Waals surface area contributed by atoms with E-state index in [1.807, 2.05) is 0 Å². The second-order valence-corrected chi connectivity index (χ2v) is 4.57. The van der Waals surface area contributed by atoms with Crippen LogP contribution in [0.1, 0.15) is 0 Å². The highest BCUT2D eigenvalue weighted by Crippen LogP contribution is 2.24. The van der Waals surface area contributed by atoms with E-state index in [0.717, 1.165) is 0 Å². The third kappa shape index (κ3) is 2.21. The van der Waals surface area contributed by atoms with E-state index in [-0.39, 0.29) is 11.4 Å². The zero-order valence-corrected chi connectivity index (χ0v) is 10.9. The summed E-state index contributed by atoms with van der Waals surface area (Å²) in [4.78, 5) is 0. The van der Waals surface area contributed by atoms with E-state index in [4.69, 9.17) is 17.3 Å². The Morgan fingerprint density at radius 3 is 2.75 bits per heavy atom. The number of benzene rings is 2. The molecule has 7 heteroatoms. The molecule has 0 aliphatic carbocycles. The fourth-order valence-corrected chi connectivity index (χ4v) is 2.03. The second kappa shape index (κ2) is 4.90. The Bertz CT molecular complexity index is 771. The topological polar surface area (TPSA) is 69.6 Å². The van der Waals surface area contributed by atoms with E-state index in [1.54, 1.807) is 30.3 Å². The molecule has 0 saturated carbocycles. The Labute approximate surface area is 118 Å². The van der Waals surface area contributed by atoms with E-state index in [0.29, 0.717) is 16.4 Å². The Balaban J connectivity index is 2.15. The number of nitrogens with zero attached hydrogens (tertiary/aromatic N) is 4. The van der Waals surface area contributed by atoms with Crippen LogP contribution in [0.3, 0.4) is 0 Å². The van der Waals surface area contributed by atoms with Crippen molar-refractivity contribution in [1.82, 2.24) is 20.2 Å². The first-order chi connectivity index (χ1) is 9.65. The molecule has 100 valence electrons. The van der Waals surface area contributed by atoms with Gasteiger partial charge in [0, 0.05) is 10.7 Å². The Hall–Kier alpha value is -2.47. The van der Waals surface area contributed by atoms with Crippen LogP contribution < -0.4 is 5.73 Å². The SMILES string of the molecule is Nc1ccc(-c2nnnn2-c2cccc(Cl)c2)c(F)c1. The monoisotopic (exact) mass is 289 g/mol.